The predicted molar refractivity (Wildman–Crippen MR) is 102 cm³/mol. The van der Waals surface area contributed by atoms with Crippen LogP contribution in [-0.2, 0) is 13.1 Å². The smallest absolute Gasteiger partial charge is 0.123 e. The fraction of sp³-hybridized carbons (Fsp3) is 0.714. The molecule has 0 aliphatic carbocycles. The van der Waals surface area contributed by atoms with Crippen molar-refractivity contribution in [2.45, 2.75) is 57.8 Å². The van der Waals surface area contributed by atoms with Gasteiger partial charge in [-0.15, -0.1) is 0 Å². The highest BCUT2D eigenvalue weighted by Gasteiger charge is 2.34. The molecule has 0 bridgehead atoms. The third-order valence-electron chi connectivity index (χ3n) is 6.39. The molecule has 0 aromatic heterocycles. The molecular weight excluding hydrogens is 310 g/mol. The molecule has 0 N–H and O–H groups in total. The van der Waals surface area contributed by atoms with Crippen molar-refractivity contribution in [2.75, 3.05) is 39.8 Å². The van der Waals surface area contributed by atoms with E-state index in [1.54, 1.807) is 7.11 Å². The van der Waals surface area contributed by atoms with E-state index < -0.39 is 0 Å². The highest BCUT2D eigenvalue weighted by Crippen LogP contribution is 2.28. The van der Waals surface area contributed by atoms with Gasteiger partial charge < -0.3 is 4.74 Å². The van der Waals surface area contributed by atoms with Gasteiger partial charge in [0.05, 0.1) is 7.11 Å². The Kier molecular flexibility index (Phi) is 5.30. The Morgan fingerprint density at radius 1 is 1.04 bits per heavy atom. The highest BCUT2D eigenvalue weighted by atomic mass is 16.5. The number of piperazine rings is 1. The summed E-state index contributed by atoms with van der Waals surface area (Å²) in [6.07, 6.45) is 5.44. The van der Waals surface area contributed by atoms with Gasteiger partial charge in [0.25, 0.3) is 0 Å². The molecule has 0 radical (unpaired) electrons. The van der Waals surface area contributed by atoms with Crippen molar-refractivity contribution in [3.63, 3.8) is 0 Å². The second-order valence-electron chi connectivity index (χ2n) is 8.20. The number of fused-ring (bicyclic) bond motifs is 1. The summed E-state index contributed by atoms with van der Waals surface area (Å²) in [7, 11) is 1.80. The van der Waals surface area contributed by atoms with E-state index in [9.17, 15) is 0 Å². The molecule has 3 fully saturated rings. The van der Waals surface area contributed by atoms with Crippen LogP contribution in [0, 0.1) is 0 Å². The summed E-state index contributed by atoms with van der Waals surface area (Å²) in [4.78, 5) is 7.95. The van der Waals surface area contributed by atoms with E-state index >= 15 is 0 Å². The molecule has 0 amide bonds. The number of likely N-dealkylation sites (tertiary alicyclic amines) is 1. The minimum Gasteiger partial charge on any atom is -0.496 e. The van der Waals surface area contributed by atoms with E-state index in [0.29, 0.717) is 6.04 Å². The molecule has 4 nitrogen and oxygen atoms in total. The van der Waals surface area contributed by atoms with Crippen molar-refractivity contribution in [3.05, 3.63) is 29.3 Å². The Bertz CT molecular complexity index is 585. The second kappa shape index (κ2) is 7.65. The Morgan fingerprint density at radius 3 is 2.68 bits per heavy atom. The molecule has 3 aliphatic rings. The number of nitrogens with zero attached hydrogens (tertiary/aromatic N) is 3. The molecule has 4 rings (SSSR count). The predicted octanol–water partition coefficient (Wildman–Crippen LogP) is 2.96. The zero-order valence-electron chi connectivity index (χ0n) is 15.9. The Balaban J connectivity index is 1.46. The summed E-state index contributed by atoms with van der Waals surface area (Å²) in [5.74, 6) is 1.05. The fourth-order valence-electron chi connectivity index (χ4n) is 4.94. The Labute approximate surface area is 152 Å². The van der Waals surface area contributed by atoms with Crippen LogP contribution in [-0.4, -0.2) is 66.6 Å². The van der Waals surface area contributed by atoms with Gasteiger partial charge in [0.1, 0.15) is 5.75 Å². The SMILES string of the molecule is COc1ccc(CN2CC3CCCN3C[C@H]2C)cc1CN1CCCC1. The van der Waals surface area contributed by atoms with Gasteiger partial charge in [0.2, 0.25) is 0 Å². The van der Waals surface area contributed by atoms with E-state index in [-0.39, 0.29) is 0 Å². The summed E-state index contributed by atoms with van der Waals surface area (Å²) >= 11 is 0. The first-order valence-electron chi connectivity index (χ1n) is 10.1. The van der Waals surface area contributed by atoms with Crippen LogP contribution in [0.1, 0.15) is 43.7 Å². The Hall–Kier alpha value is -1.10. The van der Waals surface area contributed by atoms with E-state index in [2.05, 4.69) is 39.8 Å². The van der Waals surface area contributed by atoms with Crippen LogP contribution in [0.25, 0.3) is 0 Å². The van der Waals surface area contributed by atoms with Gasteiger partial charge in [0, 0.05) is 43.8 Å². The maximum atomic E-state index is 5.63. The number of ether oxygens (including phenoxy) is 1. The van der Waals surface area contributed by atoms with Crippen molar-refractivity contribution >= 4 is 0 Å². The van der Waals surface area contributed by atoms with Crippen LogP contribution in [0.3, 0.4) is 0 Å². The van der Waals surface area contributed by atoms with Crippen molar-refractivity contribution in [3.8, 4) is 5.75 Å². The fourth-order valence-corrected chi connectivity index (χ4v) is 4.94. The average molecular weight is 344 g/mol. The quantitative estimate of drug-likeness (QED) is 0.818. The zero-order valence-corrected chi connectivity index (χ0v) is 15.9. The molecule has 3 aliphatic heterocycles. The lowest BCUT2D eigenvalue weighted by molar-refractivity contribution is 0.0540. The van der Waals surface area contributed by atoms with Gasteiger partial charge >= 0.3 is 0 Å². The van der Waals surface area contributed by atoms with Crippen molar-refractivity contribution < 1.29 is 4.74 Å². The normalized spacial score (nSPS) is 28.4. The van der Waals surface area contributed by atoms with Gasteiger partial charge in [-0.05, 0) is 69.9 Å². The molecular formula is C21H33N3O. The molecule has 1 aromatic rings. The van der Waals surface area contributed by atoms with Crippen molar-refractivity contribution in [2.24, 2.45) is 0 Å². The molecule has 25 heavy (non-hydrogen) atoms. The summed E-state index contributed by atoms with van der Waals surface area (Å²) in [5, 5.41) is 0. The number of hydrogen-bond donors (Lipinski definition) is 0. The summed E-state index contributed by atoms with van der Waals surface area (Å²) < 4.78 is 5.63. The topological polar surface area (TPSA) is 19.0 Å². The number of hydrogen-bond acceptors (Lipinski definition) is 4. The Morgan fingerprint density at radius 2 is 1.88 bits per heavy atom. The van der Waals surface area contributed by atoms with E-state index in [4.69, 9.17) is 4.74 Å². The maximum absolute atomic E-state index is 5.63. The zero-order chi connectivity index (χ0) is 17.2. The highest BCUT2D eigenvalue weighted by molar-refractivity contribution is 5.37. The van der Waals surface area contributed by atoms with Gasteiger partial charge in [-0.1, -0.05) is 6.07 Å². The monoisotopic (exact) mass is 343 g/mol. The molecule has 138 valence electrons. The maximum Gasteiger partial charge on any atom is 0.123 e. The van der Waals surface area contributed by atoms with Crippen LogP contribution in [0.5, 0.6) is 5.75 Å². The second-order valence-corrected chi connectivity index (χ2v) is 8.20. The van der Waals surface area contributed by atoms with E-state index in [1.165, 1.54) is 69.5 Å². The third kappa shape index (κ3) is 3.86. The molecule has 0 spiro atoms. The van der Waals surface area contributed by atoms with Gasteiger partial charge in [-0.3, -0.25) is 14.7 Å². The van der Waals surface area contributed by atoms with Gasteiger partial charge in [-0.25, -0.2) is 0 Å². The lowest BCUT2D eigenvalue weighted by Crippen LogP contribution is -2.54. The number of benzene rings is 1. The largest absolute Gasteiger partial charge is 0.496 e. The average Bonchev–Trinajstić information content (AvgIpc) is 3.27. The summed E-state index contributed by atoms with van der Waals surface area (Å²) in [6.45, 7) is 10.7. The van der Waals surface area contributed by atoms with Crippen LogP contribution in [0.4, 0.5) is 0 Å². The first kappa shape index (κ1) is 17.3. The number of methoxy groups -OCH3 is 1. The van der Waals surface area contributed by atoms with Crippen molar-refractivity contribution in [1.29, 1.82) is 0 Å². The van der Waals surface area contributed by atoms with Gasteiger partial charge in [0.15, 0.2) is 0 Å². The molecule has 0 saturated carbocycles. The van der Waals surface area contributed by atoms with Crippen LogP contribution < -0.4 is 4.74 Å². The minimum atomic E-state index is 0.651. The van der Waals surface area contributed by atoms with Crippen molar-refractivity contribution in [1.82, 2.24) is 14.7 Å². The molecule has 2 atom stereocenters. The van der Waals surface area contributed by atoms with Crippen LogP contribution in [0.15, 0.2) is 18.2 Å². The van der Waals surface area contributed by atoms with E-state index in [1.807, 2.05) is 0 Å². The van der Waals surface area contributed by atoms with Crippen LogP contribution in [0.2, 0.25) is 0 Å². The first-order chi connectivity index (χ1) is 12.2. The molecule has 4 heteroatoms. The number of rotatable bonds is 5. The molecule has 3 heterocycles. The summed E-state index contributed by atoms with van der Waals surface area (Å²) in [5.41, 5.74) is 2.79. The summed E-state index contributed by atoms with van der Waals surface area (Å²) in [6, 6.07) is 8.28. The molecule has 1 aromatic carbocycles. The van der Waals surface area contributed by atoms with E-state index in [0.717, 1.165) is 24.9 Å². The standard InChI is InChI=1S/C21H33N3O/c1-17-13-23-11-5-6-20(23)16-24(17)14-18-7-8-21(25-2)19(12-18)15-22-9-3-4-10-22/h7-8,12,17,20H,3-6,9-11,13-16H2,1-2H3/t17-,20?/m1/s1. The van der Waals surface area contributed by atoms with Crippen LogP contribution >= 0.6 is 0 Å². The first-order valence-corrected chi connectivity index (χ1v) is 10.1. The van der Waals surface area contributed by atoms with Gasteiger partial charge in [-0.2, -0.15) is 0 Å². The molecule has 3 saturated heterocycles. The lowest BCUT2D eigenvalue weighted by atomic mass is 10.0. The third-order valence-corrected chi connectivity index (χ3v) is 6.39. The minimum absolute atomic E-state index is 0.651. The molecule has 1 unspecified atom stereocenters. The lowest BCUT2D eigenvalue weighted by Gasteiger charge is -2.42.